The first-order valence-electron chi connectivity index (χ1n) is 2.92. The van der Waals surface area contributed by atoms with Crippen molar-refractivity contribution < 1.29 is 9.63 Å². The second-order valence-corrected chi connectivity index (χ2v) is 2.05. The molecule has 0 aromatic rings. The molecule has 2 N–H and O–H groups in total. The number of hydrogen-bond acceptors (Lipinski definition) is 3. The highest BCUT2D eigenvalue weighted by atomic mass is 16.7. The van der Waals surface area contributed by atoms with E-state index in [4.69, 9.17) is 0 Å². The topological polar surface area (TPSA) is 52.3 Å². The minimum absolute atomic E-state index is 0.0880. The van der Waals surface area contributed by atoms with E-state index in [1.54, 1.807) is 0 Å². The van der Waals surface area contributed by atoms with E-state index in [2.05, 4.69) is 10.7 Å². The van der Waals surface area contributed by atoms with Gasteiger partial charge >= 0.3 is 5.97 Å². The summed E-state index contributed by atoms with van der Waals surface area (Å²) in [6, 6.07) is 0. The summed E-state index contributed by atoms with van der Waals surface area (Å²) in [6.45, 7) is 0. The number of rotatable bonds is 1. The highest BCUT2D eigenvalue weighted by molar-refractivity contribution is 5.74. The van der Waals surface area contributed by atoms with E-state index < -0.39 is 0 Å². The van der Waals surface area contributed by atoms with Crippen molar-refractivity contribution in [2.45, 2.75) is 12.8 Å². The number of allylic oxidation sites excluding steroid dienone is 1. The zero-order valence-electron chi connectivity index (χ0n) is 5.04. The van der Waals surface area contributed by atoms with Gasteiger partial charge in [-0.05, 0) is 12.8 Å². The van der Waals surface area contributed by atoms with Gasteiger partial charge in [-0.2, -0.15) is 5.90 Å². The monoisotopic (exact) mass is 127 g/mol. The van der Waals surface area contributed by atoms with E-state index in [0.717, 1.165) is 12.8 Å². The Balaban J connectivity index is 2.43. The molecule has 9 heavy (non-hydrogen) atoms. The van der Waals surface area contributed by atoms with Crippen molar-refractivity contribution in [3.63, 3.8) is 0 Å². The third-order valence-corrected chi connectivity index (χ3v) is 1.43. The van der Waals surface area contributed by atoms with Crippen LogP contribution < -0.4 is 5.90 Å². The summed E-state index contributed by atoms with van der Waals surface area (Å²) in [4.78, 5) is 14.7. The van der Waals surface area contributed by atoms with E-state index in [-0.39, 0.29) is 11.9 Å². The van der Waals surface area contributed by atoms with Gasteiger partial charge in [-0.1, -0.05) is 12.2 Å². The standard InChI is InChI=1S/C6H9NO2/c7-9-6(8)5-3-1-2-4-5/h1,3,5H,2,4,7H2. The van der Waals surface area contributed by atoms with Gasteiger partial charge in [0.25, 0.3) is 0 Å². The minimum atomic E-state index is -0.330. The van der Waals surface area contributed by atoms with Crippen molar-refractivity contribution in [3.05, 3.63) is 12.2 Å². The van der Waals surface area contributed by atoms with Gasteiger partial charge in [0, 0.05) is 0 Å². The van der Waals surface area contributed by atoms with Crippen LogP contribution in [0, 0.1) is 5.92 Å². The Kier molecular flexibility index (Phi) is 1.85. The molecule has 0 amide bonds. The molecule has 0 saturated heterocycles. The molecule has 1 unspecified atom stereocenters. The molecule has 1 rings (SSSR count). The van der Waals surface area contributed by atoms with Crippen molar-refractivity contribution in [3.8, 4) is 0 Å². The maximum atomic E-state index is 10.6. The van der Waals surface area contributed by atoms with Gasteiger partial charge in [-0.3, -0.25) is 0 Å². The zero-order valence-corrected chi connectivity index (χ0v) is 5.04. The highest BCUT2D eigenvalue weighted by Gasteiger charge is 2.18. The molecule has 0 spiro atoms. The van der Waals surface area contributed by atoms with Gasteiger partial charge < -0.3 is 4.84 Å². The Hall–Kier alpha value is -0.830. The lowest BCUT2D eigenvalue weighted by Crippen LogP contribution is -2.17. The van der Waals surface area contributed by atoms with Gasteiger partial charge in [0.15, 0.2) is 0 Å². The minimum Gasteiger partial charge on any atom is -0.373 e. The van der Waals surface area contributed by atoms with Crippen LogP contribution in [-0.2, 0) is 9.63 Å². The molecular weight excluding hydrogens is 118 g/mol. The lowest BCUT2D eigenvalue weighted by atomic mass is 10.1. The van der Waals surface area contributed by atoms with Crippen molar-refractivity contribution in [2.24, 2.45) is 11.8 Å². The third kappa shape index (κ3) is 1.29. The highest BCUT2D eigenvalue weighted by Crippen LogP contribution is 2.17. The zero-order chi connectivity index (χ0) is 6.69. The predicted molar refractivity (Wildman–Crippen MR) is 32.1 cm³/mol. The summed E-state index contributed by atoms with van der Waals surface area (Å²) in [6.07, 6.45) is 5.59. The molecular formula is C6H9NO2. The van der Waals surface area contributed by atoms with Gasteiger partial charge in [0.1, 0.15) is 0 Å². The fourth-order valence-electron chi connectivity index (χ4n) is 0.916. The van der Waals surface area contributed by atoms with Crippen molar-refractivity contribution >= 4 is 5.97 Å². The molecule has 0 bridgehead atoms. The molecule has 0 aliphatic heterocycles. The Morgan fingerprint density at radius 2 is 2.56 bits per heavy atom. The summed E-state index contributed by atoms with van der Waals surface area (Å²) in [5.41, 5.74) is 0. The van der Waals surface area contributed by atoms with Crippen molar-refractivity contribution in [1.29, 1.82) is 0 Å². The lowest BCUT2D eigenvalue weighted by Gasteiger charge is -2.00. The number of carbonyl (C=O) groups is 1. The van der Waals surface area contributed by atoms with Crippen LogP contribution in [0.15, 0.2) is 12.2 Å². The van der Waals surface area contributed by atoms with Crippen LogP contribution in [0.25, 0.3) is 0 Å². The molecule has 0 aromatic carbocycles. The molecule has 3 nitrogen and oxygen atoms in total. The van der Waals surface area contributed by atoms with E-state index in [1.165, 1.54) is 0 Å². The molecule has 1 atom stereocenters. The summed E-state index contributed by atoms with van der Waals surface area (Å²) >= 11 is 0. The van der Waals surface area contributed by atoms with Crippen LogP contribution in [0.4, 0.5) is 0 Å². The first-order valence-corrected chi connectivity index (χ1v) is 2.92. The van der Waals surface area contributed by atoms with Crippen LogP contribution in [0.3, 0.4) is 0 Å². The largest absolute Gasteiger partial charge is 0.373 e. The van der Waals surface area contributed by atoms with Gasteiger partial charge in [-0.15, -0.1) is 0 Å². The normalized spacial score (nSPS) is 24.3. The number of hydrogen-bond donors (Lipinski definition) is 1. The van der Waals surface area contributed by atoms with E-state index in [9.17, 15) is 4.79 Å². The Labute approximate surface area is 53.4 Å². The summed E-state index contributed by atoms with van der Waals surface area (Å²) in [5.74, 6) is 4.25. The molecule has 50 valence electrons. The maximum Gasteiger partial charge on any atom is 0.331 e. The molecule has 0 heterocycles. The fourth-order valence-corrected chi connectivity index (χ4v) is 0.916. The predicted octanol–water partition coefficient (Wildman–Crippen LogP) is 0.369. The summed E-state index contributed by atoms with van der Waals surface area (Å²) < 4.78 is 0. The molecule has 1 aliphatic carbocycles. The number of carbonyl (C=O) groups excluding carboxylic acids is 1. The van der Waals surface area contributed by atoms with Crippen molar-refractivity contribution in [1.82, 2.24) is 0 Å². The van der Waals surface area contributed by atoms with E-state index in [1.807, 2.05) is 12.2 Å². The van der Waals surface area contributed by atoms with Gasteiger partial charge in [0.05, 0.1) is 5.92 Å². The molecule has 0 radical (unpaired) electrons. The second kappa shape index (κ2) is 2.64. The Bertz CT molecular complexity index is 142. The van der Waals surface area contributed by atoms with E-state index in [0.29, 0.717) is 0 Å². The summed E-state index contributed by atoms with van der Waals surface area (Å²) in [5, 5.41) is 0. The molecule has 0 fully saturated rings. The molecule has 0 saturated carbocycles. The average molecular weight is 127 g/mol. The van der Waals surface area contributed by atoms with Gasteiger partial charge in [0.2, 0.25) is 0 Å². The first kappa shape index (κ1) is 6.29. The second-order valence-electron chi connectivity index (χ2n) is 2.05. The number of nitrogens with two attached hydrogens (primary N) is 1. The Morgan fingerprint density at radius 1 is 1.78 bits per heavy atom. The van der Waals surface area contributed by atoms with Crippen molar-refractivity contribution in [2.75, 3.05) is 0 Å². The van der Waals surface area contributed by atoms with Crippen LogP contribution in [0.2, 0.25) is 0 Å². The van der Waals surface area contributed by atoms with Crippen LogP contribution in [0.5, 0.6) is 0 Å². The first-order chi connectivity index (χ1) is 4.34. The molecule has 1 aliphatic rings. The quantitative estimate of drug-likeness (QED) is 0.409. The van der Waals surface area contributed by atoms with Gasteiger partial charge in [-0.25, -0.2) is 4.79 Å². The molecule has 3 heteroatoms. The van der Waals surface area contributed by atoms with Crippen LogP contribution in [0.1, 0.15) is 12.8 Å². The van der Waals surface area contributed by atoms with Crippen LogP contribution >= 0.6 is 0 Å². The van der Waals surface area contributed by atoms with Crippen LogP contribution in [-0.4, -0.2) is 5.97 Å². The smallest absolute Gasteiger partial charge is 0.331 e. The third-order valence-electron chi connectivity index (χ3n) is 1.43. The maximum absolute atomic E-state index is 10.6. The lowest BCUT2D eigenvalue weighted by molar-refractivity contribution is -0.147. The fraction of sp³-hybridized carbons (Fsp3) is 0.500. The Morgan fingerprint density at radius 3 is 3.00 bits per heavy atom. The average Bonchev–Trinajstić information content (AvgIpc) is 2.37. The SMILES string of the molecule is NOC(=O)C1C=CCC1. The van der Waals surface area contributed by atoms with E-state index >= 15 is 0 Å². The summed E-state index contributed by atoms with van der Waals surface area (Å²) in [7, 11) is 0. The molecule has 0 aromatic heterocycles.